The first kappa shape index (κ1) is 17.6. The van der Waals surface area contributed by atoms with Crippen molar-refractivity contribution < 1.29 is 9.45 Å². The Hall–Kier alpha value is -2.81. The van der Waals surface area contributed by atoms with E-state index in [1.165, 1.54) is 10.9 Å². The van der Waals surface area contributed by atoms with Gasteiger partial charge in [0.05, 0.1) is 21.3 Å². The van der Waals surface area contributed by atoms with Gasteiger partial charge in [0, 0.05) is 40.7 Å². The molecule has 0 radical (unpaired) electrons. The average molecular weight is 385 g/mol. The zero-order valence-corrected chi connectivity index (χ0v) is 16.1. The Balaban J connectivity index is 1.62. The molecule has 9 heteroatoms. The molecule has 27 heavy (non-hydrogen) atoms. The molecule has 140 valence electrons. The molecule has 8 nitrogen and oxygen atoms in total. The van der Waals surface area contributed by atoms with Crippen molar-refractivity contribution in [3.63, 3.8) is 0 Å². The van der Waals surface area contributed by atoms with Gasteiger partial charge >= 0.3 is 5.69 Å². The second kappa shape index (κ2) is 6.73. The highest BCUT2D eigenvalue weighted by molar-refractivity contribution is 7.11. The Morgan fingerprint density at radius 1 is 1.37 bits per heavy atom. The monoisotopic (exact) mass is 385 g/mol. The first-order valence-electron chi connectivity index (χ1n) is 8.71. The quantitative estimate of drug-likeness (QED) is 0.534. The van der Waals surface area contributed by atoms with Gasteiger partial charge in [-0.1, -0.05) is 5.16 Å². The number of hydrogen-bond donors (Lipinski definition) is 1. The molecule has 1 aliphatic carbocycles. The van der Waals surface area contributed by atoms with Crippen LogP contribution in [0.25, 0.3) is 11.1 Å². The molecule has 0 aliphatic heterocycles. The Morgan fingerprint density at radius 3 is 2.89 bits per heavy atom. The smallest absolute Gasteiger partial charge is 0.311 e. The van der Waals surface area contributed by atoms with Gasteiger partial charge in [0.25, 0.3) is 0 Å². The molecular formula is C18H19N5O3S. The highest BCUT2D eigenvalue weighted by Crippen LogP contribution is 2.34. The van der Waals surface area contributed by atoms with Crippen molar-refractivity contribution in [3.05, 3.63) is 49.4 Å². The van der Waals surface area contributed by atoms with Crippen LogP contribution < -0.4 is 5.32 Å². The van der Waals surface area contributed by atoms with Gasteiger partial charge in [-0.05, 0) is 33.6 Å². The lowest BCUT2D eigenvalue weighted by Gasteiger charge is -2.22. The van der Waals surface area contributed by atoms with E-state index in [1.807, 2.05) is 6.92 Å². The van der Waals surface area contributed by atoms with Crippen LogP contribution in [0.5, 0.6) is 0 Å². The summed E-state index contributed by atoms with van der Waals surface area (Å²) in [4.78, 5) is 21.4. The summed E-state index contributed by atoms with van der Waals surface area (Å²) in [5.41, 5.74) is 3.18. The number of nitrogens with zero attached hydrogens (tertiary/aromatic N) is 4. The number of aromatic nitrogens is 3. The molecule has 0 aromatic carbocycles. The molecule has 0 fully saturated rings. The Morgan fingerprint density at radius 2 is 2.19 bits per heavy atom. The number of fused-ring (bicyclic) bond motifs is 1. The zero-order chi connectivity index (χ0) is 19.1. The van der Waals surface area contributed by atoms with Crippen molar-refractivity contribution >= 4 is 22.8 Å². The minimum absolute atomic E-state index is 0.0428. The fourth-order valence-corrected chi connectivity index (χ4v) is 4.62. The summed E-state index contributed by atoms with van der Waals surface area (Å²) in [7, 11) is 0. The summed E-state index contributed by atoms with van der Waals surface area (Å²) in [5, 5.41) is 19.9. The highest BCUT2D eigenvalue weighted by Gasteiger charge is 2.26. The third-order valence-electron chi connectivity index (χ3n) is 4.77. The van der Waals surface area contributed by atoms with Gasteiger partial charge < -0.3 is 9.84 Å². The number of nitrogens with one attached hydrogen (secondary N) is 1. The van der Waals surface area contributed by atoms with E-state index in [-0.39, 0.29) is 11.7 Å². The van der Waals surface area contributed by atoms with E-state index < -0.39 is 4.92 Å². The number of hydrogen-bond acceptors (Lipinski definition) is 8. The lowest BCUT2D eigenvalue weighted by atomic mass is 9.97. The van der Waals surface area contributed by atoms with Crippen LogP contribution in [0.4, 0.5) is 11.5 Å². The molecule has 3 aromatic heterocycles. The minimum Gasteiger partial charge on any atom is -0.361 e. The van der Waals surface area contributed by atoms with Gasteiger partial charge in [-0.3, -0.25) is 10.1 Å². The number of nitro groups is 1. The average Bonchev–Trinajstić information content (AvgIpc) is 3.16. The minimum atomic E-state index is -0.401. The predicted molar refractivity (Wildman–Crippen MR) is 102 cm³/mol. The van der Waals surface area contributed by atoms with Gasteiger partial charge in [0.1, 0.15) is 5.76 Å². The summed E-state index contributed by atoms with van der Waals surface area (Å²) in [6.45, 7) is 5.59. The number of rotatable bonds is 4. The molecule has 0 amide bonds. The van der Waals surface area contributed by atoms with Gasteiger partial charge in [0.2, 0.25) is 5.82 Å². The van der Waals surface area contributed by atoms with Crippen LogP contribution in [-0.4, -0.2) is 26.1 Å². The number of aryl methyl sites for hydroxylation is 4. The molecule has 0 spiro atoms. The maximum absolute atomic E-state index is 11.6. The highest BCUT2D eigenvalue weighted by atomic mass is 32.1. The number of pyridine rings is 1. The Bertz CT molecular complexity index is 1010. The maximum atomic E-state index is 11.6. The third kappa shape index (κ3) is 3.30. The molecule has 3 heterocycles. The van der Waals surface area contributed by atoms with Crippen molar-refractivity contribution in [1.82, 2.24) is 15.1 Å². The molecular weight excluding hydrogens is 366 g/mol. The third-order valence-corrected chi connectivity index (χ3v) is 5.81. The molecule has 0 saturated heterocycles. The second-order valence-corrected chi connectivity index (χ2v) is 8.02. The molecule has 3 aromatic rings. The summed E-state index contributed by atoms with van der Waals surface area (Å²) < 4.78 is 5.17. The molecule has 0 saturated carbocycles. The van der Waals surface area contributed by atoms with Crippen LogP contribution in [0, 0.1) is 30.9 Å². The Labute approximate surface area is 159 Å². The summed E-state index contributed by atoms with van der Waals surface area (Å²) in [6.07, 6.45) is 4.20. The SMILES string of the molecule is Cc1nc2c(s1)CC(Nc1ncc(-c3c(C)noc3C)cc1[N+](=O)[O-])CC2. The fraction of sp³-hybridized carbons (Fsp3) is 0.389. The predicted octanol–water partition coefficient (Wildman–Crippen LogP) is 4.00. The molecule has 0 bridgehead atoms. The summed E-state index contributed by atoms with van der Waals surface area (Å²) >= 11 is 1.70. The van der Waals surface area contributed by atoms with E-state index in [9.17, 15) is 10.1 Å². The lowest BCUT2D eigenvalue weighted by molar-refractivity contribution is -0.384. The van der Waals surface area contributed by atoms with E-state index in [0.717, 1.165) is 35.5 Å². The summed E-state index contributed by atoms with van der Waals surface area (Å²) in [5.74, 6) is 0.912. The maximum Gasteiger partial charge on any atom is 0.311 e. The Kier molecular flexibility index (Phi) is 4.39. The van der Waals surface area contributed by atoms with Crippen LogP contribution in [0.2, 0.25) is 0 Å². The standard InChI is InChI=1S/C18H19N5O3S/c1-9-17(10(2)26-22-9)12-6-15(23(24)25)18(19-8-12)21-13-4-5-14-16(7-13)27-11(3)20-14/h6,8,13H,4-5,7H2,1-3H3,(H,19,21). The molecule has 1 atom stereocenters. The van der Waals surface area contributed by atoms with E-state index in [4.69, 9.17) is 4.52 Å². The van der Waals surface area contributed by atoms with E-state index in [0.29, 0.717) is 22.8 Å². The van der Waals surface area contributed by atoms with Crippen molar-refractivity contribution in [2.75, 3.05) is 5.32 Å². The number of thiazole rings is 1. The first-order chi connectivity index (χ1) is 12.9. The van der Waals surface area contributed by atoms with E-state index >= 15 is 0 Å². The van der Waals surface area contributed by atoms with Crippen molar-refractivity contribution in [3.8, 4) is 11.1 Å². The molecule has 1 N–H and O–H groups in total. The second-order valence-electron chi connectivity index (χ2n) is 6.73. The fourth-order valence-electron chi connectivity index (χ4n) is 3.56. The zero-order valence-electron chi connectivity index (χ0n) is 15.3. The summed E-state index contributed by atoms with van der Waals surface area (Å²) in [6, 6.07) is 1.64. The lowest BCUT2D eigenvalue weighted by Crippen LogP contribution is -2.27. The van der Waals surface area contributed by atoms with Crippen LogP contribution in [-0.2, 0) is 12.8 Å². The van der Waals surface area contributed by atoms with E-state index in [2.05, 4.69) is 20.4 Å². The van der Waals surface area contributed by atoms with E-state index in [1.54, 1.807) is 31.4 Å². The van der Waals surface area contributed by atoms with Crippen LogP contribution in [0.3, 0.4) is 0 Å². The van der Waals surface area contributed by atoms with Crippen LogP contribution in [0.15, 0.2) is 16.8 Å². The topological polar surface area (TPSA) is 107 Å². The molecule has 1 unspecified atom stereocenters. The molecule has 1 aliphatic rings. The van der Waals surface area contributed by atoms with Gasteiger partial charge in [0.15, 0.2) is 0 Å². The van der Waals surface area contributed by atoms with Gasteiger partial charge in [-0.2, -0.15) is 0 Å². The molecule has 4 rings (SSSR count). The normalized spacial score (nSPS) is 16.2. The number of anilines is 1. The van der Waals surface area contributed by atoms with Crippen molar-refractivity contribution in [1.29, 1.82) is 0 Å². The first-order valence-corrected chi connectivity index (χ1v) is 9.53. The van der Waals surface area contributed by atoms with Crippen LogP contribution in [0.1, 0.15) is 33.5 Å². The largest absolute Gasteiger partial charge is 0.361 e. The van der Waals surface area contributed by atoms with Gasteiger partial charge in [-0.15, -0.1) is 11.3 Å². The van der Waals surface area contributed by atoms with Crippen molar-refractivity contribution in [2.24, 2.45) is 0 Å². The van der Waals surface area contributed by atoms with Gasteiger partial charge in [-0.25, -0.2) is 9.97 Å². The van der Waals surface area contributed by atoms with Crippen molar-refractivity contribution in [2.45, 2.75) is 46.1 Å². The van der Waals surface area contributed by atoms with Crippen LogP contribution >= 0.6 is 11.3 Å².